The smallest absolute Gasteiger partial charge is 0.339 e. The number of methoxy groups -OCH3 is 1. The minimum Gasteiger partial charge on any atom is -0.467 e. The van der Waals surface area contributed by atoms with Crippen LogP contribution >= 0.6 is 23.2 Å². The van der Waals surface area contributed by atoms with Crippen molar-refractivity contribution in [3.05, 3.63) is 24.3 Å². The summed E-state index contributed by atoms with van der Waals surface area (Å²) in [7, 11) is 1.11. The Hall–Kier alpha value is -2.76. The highest BCUT2D eigenvalue weighted by molar-refractivity contribution is 6.18. The fraction of sp³-hybridized carbons (Fsp3) is 0.565. The highest BCUT2D eigenvalue weighted by Crippen LogP contribution is 2.31. The van der Waals surface area contributed by atoms with Crippen molar-refractivity contribution in [3.63, 3.8) is 0 Å². The monoisotopic (exact) mass is 549 g/mol. The molecule has 0 spiro atoms. The first-order valence-corrected chi connectivity index (χ1v) is 12.1. The number of halogens is 2. The van der Waals surface area contributed by atoms with Crippen molar-refractivity contribution in [3.8, 4) is 5.75 Å². The molecule has 0 unspecified atom stereocenters. The summed E-state index contributed by atoms with van der Waals surface area (Å²) in [4.78, 5) is 50.0. The third-order valence-electron chi connectivity index (χ3n) is 5.00. The summed E-state index contributed by atoms with van der Waals surface area (Å²) < 4.78 is 32.3. The molecule has 1 aliphatic rings. The number of carbonyl (C=O) groups is 4. The van der Waals surface area contributed by atoms with E-state index in [4.69, 9.17) is 51.6 Å². The molecule has 2 rings (SSSR count). The van der Waals surface area contributed by atoms with Crippen LogP contribution in [0.1, 0.15) is 20.8 Å². The minimum absolute atomic E-state index is 0.286. The lowest BCUT2D eigenvalue weighted by Gasteiger charge is -2.43. The topological polar surface area (TPSA) is 127 Å². The van der Waals surface area contributed by atoms with Gasteiger partial charge >= 0.3 is 23.9 Å². The van der Waals surface area contributed by atoms with Gasteiger partial charge in [-0.05, 0) is 24.3 Å². The Balaban J connectivity index is 2.41. The normalized spacial score (nSPS) is 23.2. The van der Waals surface area contributed by atoms with Crippen LogP contribution in [0.5, 0.6) is 5.75 Å². The second-order valence-electron chi connectivity index (χ2n) is 7.65. The number of hydrogen-bond acceptors (Lipinski definition) is 11. The third-order valence-corrected chi connectivity index (χ3v) is 5.34. The van der Waals surface area contributed by atoms with E-state index in [-0.39, 0.29) is 5.75 Å². The number of ether oxygens (including phenoxy) is 6. The predicted octanol–water partition coefficient (Wildman–Crippen LogP) is 2.04. The van der Waals surface area contributed by atoms with Crippen molar-refractivity contribution in [2.75, 3.05) is 36.9 Å². The molecule has 0 amide bonds. The summed E-state index contributed by atoms with van der Waals surface area (Å²) in [5, 5.41) is 0. The van der Waals surface area contributed by atoms with Gasteiger partial charge in [0, 0.05) is 51.3 Å². The lowest BCUT2D eigenvalue weighted by molar-refractivity contribution is -0.282. The quantitative estimate of drug-likeness (QED) is 0.228. The van der Waals surface area contributed by atoms with Gasteiger partial charge in [0.1, 0.15) is 5.75 Å². The van der Waals surface area contributed by atoms with E-state index in [0.29, 0.717) is 24.8 Å². The second-order valence-corrected chi connectivity index (χ2v) is 8.40. The van der Waals surface area contributed by atoms with Crippen molar-refractivity contribution >= 4 is 52.8 Å². The van der Waals surface area contributed by atoms with Gasteiger partial charge in [0.15, 0.2) is 18.3 Å². The van der Waals surface area contributed by atoms with Gasteiger partial charge in [-0.2, -0.15) is 0 Å². The molecule has 1 fully saturated rings. The van der Waals surface area contributed by atoms with Gasteiger partial charge in [0.25, 0.3) is 0 Å². The highest BCUT2D eigenvalue weighted by atomic mass is 35.5. The summed E-state index contributed by atoms with van der Waals surface area (Å²) in [6.07, 6.45) is -7.25. The van der Waals surface area contributed by atoms with E-state index in [9.17, 15) is 19.2 Å². The fourth-order valence-corrected chi connectivity index (χ4v) is 4.03. The number of benzene rings is 1. The van der Waals surface area contributed by atoms with E-state index in [2.05, 4.69) is 0 Å². The van der Waals surface area contributed by atoms with Crippen molar-refractivity contribution in [1.29, 1.82) is 0 Å². The van der Waals surface area contributed by atoms with Crippen LogP contribution in [0, 0.1) is 0 Å². The highest BCUT2D eigenvalue weighted by Gasteiger charge is 2.55. The molecule has 36 heavy (non-hydrogen) atoms. The van der Waals surface area contributed by atoms with E-state index in [0.717, 1.165) is 33.6 Å². The summed E-state index contributed by atoms with van der Waals surface area (Å²) >= 11 is 11.7. The molecular weight excluding hydrogens is 521 g/mol. The zero-order valence-corrected chi connectivity index (χ0v) is 21.8. The number of hydrogen-bond donors (Lipinski definition) is 0. The van der Waals surface area contributed by atoms with E-state index in [1.807, 2.05) is 4.90 Å². The summed E-state index contributed by atoms with van der Waals surface area (Å²) in [6, 6.07) is 6.79. The van der Waals surface area contributed by atoms with Gasteiger partial charge in [-0.3, -0.25) is 14.4 Å². The molecule has 0 aliphatic carbocycles. The first-order chi connectivity index (χ1) is 17.1. The van der Waals surface area contributed by atoms with Crippen molar-refractivity contribution in [2.45, 2.75) is 51.5 Å². The van der Waals surface area contributed by atoms with Gasteiger partial charge in [0.2, 0.25) is 12.4 Å². The maximum Gasteiger partial charge on any atom is 0.339 e. The Labute approximate surface area is 218 Å². The molecule has 0 radical (unpaired) electrons. The molecule has 200 valence electrons. The number of esters is 4. The second kappa shape index (κ2) is 14.1. The van der Waals surface area contributed by atoms with Crippen LogP contribution in [0.4, 0.5) is 5.69 Å². The summed E-state index contributed by atoms with van der Waals surface area (Å²) in [5.41, 5.74) is 0.838. The van der Waals surface area contributed by atoms with Gasteiger partial charge in [-0.15, -0.1) is 23.2 Å². The predicted molar refractivity (Wildman–Crippen MR) is 128 cm³/mol. The third kappa shape index (κ3) is 8.14. The Morgan fingerprint density at radius 1 is 0.833 bits per heavy atom. The maximum absolute atomic E-state index is 12.5. The largest absolute Gasteiger partial charge is 0.467 e. The fourth-order valence-electron chi connectivity index (χ4n) is 3.62. The lowest BCUT2D eigenvalue weighted by Crippen LogP contribution is -2.64. The lowest BCUT2D eigenvalue weighted by atomic mass is 9.97. The molecular formula is C23H29Cl2NO10. The van der Waals surface area contributed by atoms with Crippen LogP contribution in [0.25, 0.3) is 0 Å². The van der Waals surface area contributed by atoms with Crippen LogP contribution in [0.2, 0.25) is 0 Å². The number of carbonyl (C=O) groups excluding carboxylic acids is 4. The van der Waals surface area contributed by atoms with Crippen molar-refractivity contribution in [2.24, 2.45) is 0 Å². The van der Waals surface area contributed by atoms with Crippen LogP contribution in [-0.2, 0) is 42.9 Å². The van der Waals surface area contributed by atoms with Crippen LogP contribution in [0.15, 0.2) is 24.3 Å². The van der Waals surface area contributed by atoms with E-state index < -0.39 is 54.6 Å². The SMILES string of the molecule is COC(=O)[C@@H]1O[C@H](Oc2ccc(N(CCCl)CCCl)cc2)[C@H](OC(C)=O)[C@@H](OC(C)=O)[C@H]1OC(C)=O. The molecule has 1 heterocycles. The molecule has 1 aromatic carbocycles. The van der Waals surface area contributed by atoms with Gasteiger partial charge < -0.3 is 33.3 Å². The molecule has 1 aromatic rings. The average molecular weight is 550 g/mol. The molecule has 11 nitrogen and oxygen atoms in total. The Kier molecular flexibility index (Phi) is 11.5. The van der Waals surface area contributed by atoms with Gasteiger partial charge in [0.05, 0.1) is 7.11 Å². The maximum atomic E-state index is 12.5. The van der Waals surface area contributed by atoms with E-state index in [1.165, 1.54) is 0 Å². The Bertz CT molecular complexity index is 907. The standard InChI is InChI=1S/C23H29Cl2NO10/c1-13(27)32-18-19(33-14(2)28)21(34-15(3)29)23(36-20(18)22(30)31-4)35-17-7-5-16(6-8-17)26(11-9-24)12-10-25/h5-8,18-21,23H,9-12H2,1-4H3/t18-,19+,20-,21-,23+/m1/s1. The van der Waals surface area contributed by atoms with Crippen molar-refractivity contribution in [1.82, 2.24) is 0 Å². The number of rotatable bonds is 11. The molecule has 5 atom stereocenters. The summed E-state index contributed by atoms with van der Waals surface area (Å²) in [6.45, 7) is 4.50. The van der Waals surface area contributed by atoms with Gasteiger partial charge in [-0.1, -0.05) is 0 Å². The van der Waals surface area contributed by atoms with Crippen molar-refractivity contribution < 1.29 is 47.6 Å². The van der Waals surface area contributed by atoms with Crippen LogP contribution in [0.3, 0.4) is 0 Å². The molecule has 0 saturated carbocycles. The number of nitrogens with zero attached hydrogens (tertiary/aromatic N) is 1. The molecule has 1 aliphatic heterocycles. The van der Waals surface area contributed by atoms with Crippen LogP contribution < -0.4 is 9.64 Å². The van der Waals surface area contributed by atoms with E-state index in [1.54, 1.807) is 24.3 Å². The zero-order valence-electron chi connectivity index (χ0n) is 20.3. The zero-order chi connectivity index (χ0) is 26.8. The first kappa shape index (κ1) is 29.5. The summed E-state index contributed by atoms with van der Waals surface area (Å²) in [5.74, 6) is -2.13. The first-order valence-electron chi connectivity index (χ1n) is 11.0. The molecule has 1 saturated heterocycles. The molecule has 0 N–H and O–H groups in total. The number of alkyl halides is 2. The Morgan fingerprint density at radius 3 is 1.81 bits per heavy atom. The van der Waals surface area contributed by atoms with Crippen LogP contribution in [-0.4, -0.2) is 86.5 Å². The average Bonchev–Trinajstić information content (AvgIpc) is 2.81. The Morgan fingerprint density at radius 2 is 1.33 bits per heavy atom. The molecule has 0 bridgehead atoms. The number of anilines is 1. The van der Waals surface area contributed by atoms with Gasteiger partial charge in [-0.25, -0.2) is 4.79 Å². The molecule has 0 aromatic heterocycles. The minimum atomic E-state index is -1.54. The van der Waals surface area contributed by atoms with E-state index >= 15 is 0 Å². The molecule has 13 heteroatoms.